The molecule has 1 saturated heterocycles. The molecule has 11 heteroatoms. The minimum absolute atomic E-state index is 0.141. The average molecular weight is 553 g/mol. The van der Waals surface area contributed by atoms with E-state index >= 15 is 0 Å². The number of urea groups is 1. The Labute approximate surface area is 236 Å². The Morgan fingerprint density at radius 2 is 1.65 bits per heavy atom. The predicted octanol–water partition coefficient (Wildman–Crippen LogP) is 1.68. The molecule has 2 fully saturated rings. The highest BCUT2D eigenvalue weighted by molar-refractivity contribution is 5.89. The van der Waals surface area contributed by atoms with Gasteiger partial charge in [-0.15, -0.1) is 0 Å². The van der Waals surface area contributed by atoms with Crippen LogP contribution in [0, 0.1) is 5.92 Å². The summed E-state index contributed by atoms with van der Waals surface area (Å²) >= 11 is 0. The minimum Gasteiger partial charge on any atom is -0.338 e. The van der Waals surface area contributed by atoms with Gasteiger partial charge in [0.05, 0.1) is 11.2 Å². The van der Waals surface area contributed by atoms with E-state index in [-0.39, 0.29) is 17.8 Å². The second kappa shape index (κ2) is 12.9. The summed E-state index contributed by atoms with van der Waals surface area (Å²) in [4.78, 5) is 45.1. The van der Waals surface area contributed by atoms with E-state index in [1.165, 1.54) is 35.8 Å². The maximum atomic E-state index is 12.8. The maximum Gasteiger partial charge on any atom is 0.354 e. The van der Waals surface area contributed by atoms with Crippen molar-refractivity contribution in [2.45, 2.75) is 70.5 Å². The predicted molar refractivity (Wildman–Crippen MR) is 156 cm³/mol. The Bertz CT molecular complexity index is 1210. The smallest absolute Gasteiger partial charge is 0.338 e. The third-order valence-electron chi connectivity index (χ3n) is 7.90. The number of nitrogens with two attached hydrogens (primary N) is 2. The number of nitrogens with zero attached hydrogens (tertiary/aromatic N) is 4. The highest BCUT2D eigenvalue weighted by Gasteiger charge is 2.31. The van der Waals surface area contributed by atoms with Crippen molar-refractivity contribution < 1.29 is 9.59 Å². The van der Waals surface area contributed by atoms with Crippen molar-refractivity contribution in [1.29, 1.82) is 0 Å². The molecule has 40 heavy (non-hydrogen) atoms. The normalized spacial score (nSPS) is 20.7. The average Bonchev–Trinajstić information content (AvgIpc) is 2.93. The molecule has 4 rings (SSSR count). The second-order valence-corrected chi connectivity index (χ2v) is 11.8. The van der Waals surface area contributed by atoms with Crippen molar-refractivity contribution in [2.75, 3.05) is 38.0 Å². The highest BCUT2D eigenvalue weighted by atomic mass is 16.2. The molecule has 2 heterocycles. The number of aromatic nitrogens is 2. The van der Waals surface area contributed by atoms with Crippen molar-refractivity contribution in [3.05, 3.63) is 52.6 Å². The number of piperazine rings is 1. The van der Waals surface area contributed by atoms with Gasteiger partial charge in [0.25, 0.3) is 0 Å². The Hall–Kier alpha value is -3.28. The fourth-order valence-corrected chi connectivity index (χ4v) is 5.55. The SMILES string of the molecule is CC(Cc1ccc(-n2ccc(NC(=O)N3CCN(C(=O)C(C)(C)N)CC3)nc2=O)cc1)NC1CCC(CN)CC1. The molecular weight excluding hydrogens is 508 g/mol. The van der Waals surface area contributed by atoms with Gasteiger partial charge in [0, 0.05) is 44.5 Å². The van der Waals surface area contributed by atoms with Crippen LogP contribution in [0.25, 0.3) is 5.69 Å². The molecule has 1 aliphatic heterocycles. The zero-order chi connectivity index (χ0) is 28.9. The fraction of sp³-hybridized carbons (Fsp3) is 0.586. The first-order valence-electron chi connectivity index (χ1n) is 14.3. The van der Waals surface area contributed by atoms with Crippen LogP contribution in [0.2, 0.25) is 0 Å². The molecule has 218 valence electrons. The molecule has 3 amide bonds. The van der Waals surface area contributed by atoms with Gasteiger partial charge in [-0.3, -0.25) is 14.7 Å². The summed E-state index contributed by atoms with van der Waals surface area (Å²) in [6.07, 6.45) is 7.29. The molecule has 11 nitrogen and oxygen atoms in total. The van der Waals surface area contributed by atoms with Crippen molar-refractivity contribution in [3.8, 4) is 5.69 Å². The van der Waals surface area contributed by atoms with Crippen molar-refractivity contribution in [1.82, 2.24) is 24.7 Å². The second-order valence-electron chi connectivity index (χ2n) is 11.8. The van der Waals surface area contributed by atoms with E-state index in [9.17, 15) is 14.4 Å². The first-order chi connectivity index (χ1) is 19.0. The Morgan fingerprint density at radius 1 is 1.02 bits per heavy atom. The van der Waals surface area contributed by atoms with Crippen LogP contribution in [0.1, 0.15) is 52.0 Å². The van der Waals surface area contributed by atoms with Gasteiger partial charge in [-0.2, -0.15) is 4.98 Å². The van der Waals surface area contributed by atoms with Crippen LogP contribution in [0.4, 0.5) is 10.6 Å². The van der Waals surface area contributed by atoms with Crippen LogP contribution in [-0.4, -0.2) is 81.6 Å². The lowest BCUT2D eigenvalue weighted by atomic mass is 9.85. The molecule has 1 saturated carbocycles. The topological polar surface area (TPSA) is 152 Å². The monoisotopic (exact) mass is 552 g/mol. The molecule has 0 bridgehead atoms. The van der Waals surface area contributed by atoms with Gasteiger partial charge in [0.2, 0.25) is 5.91 Å². The van der Waals surface area contributed by atoms with Gasteiger partial charge >= 0.3 is 11.7 Å². The summed E-state index contributed by atoms with van der Waals surface area (Å²) in [5.41, 5.74) is 12.2. The third kappa shape index (κ3) is 7.67. The van der Waals surface area contributed by atoms with Crippen LogP contribution in [-0.2, 0) is 11.2 Å². The Balaban J connectivity index is 1.28. The first-order valence-corrected chi connectivity index (χ1v) is 14.3. The van der Waals surface area contributed by atoms with Crippen LogP contribution in [0.3, 0.4) is 0 Å². The summed E-state index contributed by atoms with van der Waals surface area (Å²) in [6, 6.07) is 10.1. The van der Waals surface area contributed by atoms with Crippen molar-refractivity contribution in [2.24, 2.45) is 17.4 Å². The lowest BCUT2D eigenvalue weighted by Gasteiger charge is -2.37. The standard InChI is InChI=1S/C29H44N8O3/c1-20(32-23-8-4-22(19-30)5-9-23)18-21-6-10-24(11-7-21)37-13-12-25(34-28(37)40)33-27(39)36-16-14-35(15-17-36)26(38)29(2,3)31/h6-7,10-13,20,22-23,32H,4-5,8-9,14-19,30-31H2,1-3H3,(H,33,34,39,40). The molecule has 1 unspecified atom stereocenters. The molecule has 1 aromatic heterocycles. The zero-order valence-corrected chi connectivity index (χ0v) is 23.9. The molecule has 6 N–H and O–H groups in total. The van der Waals surface area contributed by atoms with E-state index in [0.29, 0.717) is 49.9 Å². The van der Waals surface area contributed by atoms with E-state index in [0.717, 1.165) is 13.0 Å². The molecule has 0 radical (unpaired) electrons. The largest absolute Gasteiger partial charge is 0.354 e. The number of hydrogen-bond acceptors (Lipinski definition) is 7. The quantitative estimate of drug-likeness (QED) is 0.389. The number of nitrogens with one attached hydrogen (secondary N) is 2. The first kappa shape index (κ1) is 29.7. The molecule has 2 aliphatic rings. The van der Waals surface area contributed by atoms with E-state index in [1.54, 1.807) is 35.9 Å². The van der Waals surface area contributed by atoms with E-state index in [2.05, 4.69) is 22.5 Å². The van der Waals surface area contributed by atoms with E-state index in [1.807, 2.05) is 24.3 Å². The number of benzene rings is 1. The summed E-state index contributed by atoms with van der Waals surface area (Å²) in [6.45, 7) is 7.91. The number of anilines is 1. The number of amides is 3. The van der Waals surface area contributed by atoms with Gasteiger partial charge < -0.3 is 26.6 Å². The molecule has 1 aliphatic carbocycles. The summed E-state index contributed by atoms with van der Waals surface area (Å²) in [7, 11) is 0. The summed E-state index contributed by atoms with van der Waals surface area (Å²) < 4.78 is 1.45. The molecule has 0 spiro atoms. The van der Waals surface area contributed by atoms with Gasteiger partial charge in [0.15, 0.2) is 0 Å². The number of rotatable bonds is 8. The number of carbonyl (C=O) groups excluding carboxylic acids is 2. The lowest BCUT2D eigenvalue weighted by molar-refractivity contribution is -0.137. The van der Waals surface area contributed by atoms with Crippen LogP contribution >= 0.6 is 0 Å². The van der Waals surface area contributed by atoms with E-state index < -0.39 is 11.2 Å². The lowest BCUT2D eigenvalue weighted by Crippen LogP contribution is -2.58. The highest BCUT2D eigenvalue weighted by Crippen LogP contribution is 2.24. The molecular formula is C29H44N8O3. The summed E-state index contributed by atoms with van der Waals surface area (Å²) in [5, 5.41) is 6.46. The molecule has 2 aromatic rings. The van der Waals surface area contributed by atoms with Crippen molar-refractivity contribution in [3.63, 3.8) is 0 Å². The van der Waals surface area contributed by atoms with E-state index in [4.69, 9.17) is 11.5 Å². The number of hydrogen-bond donors (Lipinski definition) is 4. The van der Waals surface area contributed by atoms with Crippen molar-refractivity contribution >= 4 is 17.8 Å². The minimum atomic E-state index is -0.946. The Morgan fingerprint density at radius 3 is 2.23 bits per heavy atom. The summed E-state index contributed by atoms with van der Waals surface area (Å²) in [5.74, 6) is 0.718. The van der Waals surface area contributed by atoms with Crippen LogP contribution in [0.15, 0.2) is 41.3 Å². The number of carbonyl (C=O) groups is 2. The fourth-order valence-electron chi connectivity index (χ4n) is 5.55. The molecule has 1 aromatic carbocycles. The van der Waals surface area contributed by atoms with Gasteiger partial charge in [-0.05, 0) is 89.1 Å². The van der Waals surface area contributed by atoms with Crippen LogP contribution in [0.5, 0.6) is 0 Å². The van der Waals surface area contributed by atoms with Crippen LogP contribution < -0.4 is 27.8 Å². The molecule has 1 atom stereocenters. The maximum absolute atomic E-state index is 12.8. The van der Waals surface area contributed by atoms with Gasteiger partial charge in [-0.25, -0.2) is 9.59 Å². The zero-order valence-electron chi connectivity index (χ0n) is 23.9. The van der Waals surface area contributed by atoms with Gasteiger partial charge in [-0.1, -0.05) is 12.1 Å². The Kier molecular flexibility index (Phi) is 9.60. The third-order valence-corrected chi connectivity index (χ3v) is 7.90. The van der Waals surface area contributed by atoms with Gasteiger partial charge in [0.1, 0.15) is 5.82 Å².